The highest BCUT2D eigenvalue weighted by Gasteiger charge is 2.50. The summed E-state index contributed by atoms with van der Waals surface area (Å²) in [5.74, 6) is -1.33. The molecule has 11 heteroatoms. The van der Waals surface area contributed by atoms with Gasteiger partial charge in [-0.3, -0.25) is 9.59 Å². The maximum Gasteiger partial charge on any atom is 0.409 e. The molecular formula is C25H27ClN2O7S. The summed E-state index contributed by atoms with van der Waals surface area (Å²) in [6, 6.07) is 5.54. The number of carbonyl (C=O) groups excluding carboxylic acids is 3. The molecule has 4 rings (SSSR count). The Bertz CT molecular complexity index is 1190. The van der Waals surface area contributed by atoms with Gasteiger partial charge >= 0.3 is 6.09 Å². The number of carbonyl (C=O) groups is 3. The predicted molar refractivity (Wildman–Crippen MR) is 135 cm³/mol. The lowest BCUT2D eigenvalue weighted by Crippen LogP contribution is -2.48. The van der Waals surface area contributed by atoms with Gasteiger partial charge in [0.2, 0.25) is 0 Å². The summed E-state index contributed by atoms with van der Waals surface area (Å²) in [5, 5.41) is 13.6. The molecule has 2 amide bonds. The third-order valence-electron chi connectivity index (χ3n) is 6.41. The van der Waals surface area contributed by atoms with Gasteiger partial charge in [0.15, 0.2) is 0 Å². The lowest BCUT2D eigenvalue weighted by Gasteiger charge is -2.38. The van der Waals surface area contributed by atoms with Gasteiger partial charge < -0.3 is 29.1 Å². The number of likely N-dealkylation sites (tertiary alicyclic amines) is 2. The van der Waals surface area contributed by atoms with Gasteiger partial charge in [0.1, 0.15) is 17.3 Å². The minimum Gasteiger partial charge on any atom is -0.507 e. The Labute approximate surface area is 217 Å². The number of hydrogen-bond donors (Lipinski definition) is 1. The average molecular weight is 535 g/mol. The van der Waals surface area contributed by atoms with Crippen molar-refractivity contribution in [2.45, 2.75) is 31.8 Å². The van der Waals surface area contributed by atoms with Crippen molar-refractivity contribution in [2.24, 2.45) is 0 Å². The number of rotatable bonds is 6. The molecule has 1 aromatic heterocycles. The topological polar surface area (TPSA) is 106 Å². The van der Waals surface area contributed by atoms with Gasteiger partial charge in [0, 0.05) is 30.1 Å². The van der Waals surface area contributed by atoms with Gasteiger partial charge in [-0.05, 0) is 37.3 Å². The van der Waals surface area contributed by atoms with Gasteiger partial charge in [0.25, 0.3) is 11.7 Å². The minimum absolute atomic E-state index is 0.0297. The summed E-state index contributed by atoms with van der Waals surface area (Å²) < 4.78 is 15.8. The molecule has 0 bridgehead atoms. The zero-order valence-electron chi connectivity index (χ0n) is 20.2. The van der Waals surface area contributed by atoms with Crippen LogP contribution in [0.2, 0.25) is 5.02 Å². The van der Waals surface area contributed by atoms with E-state index in [1.165, 1.54) is 37.7 Å². The second kappa shape index (κ2) is 10.8. The van der Waals surface area contributed by atoms with Crippen LogP contribution in [0.3, 0.4) is 0 Å². The monoisotopic (exact) mass is 534 g/mol. The SMILES string of the molecule is CCOC(=O)N1CCC(N2C(=O)C(=O)/C(=C(/O)c3cc(OC)c(Cl)cc3OC)C2c2cccs2)CC1. The number of benzene rings is 1. The zero-order valence-corrected chi connectivity index (χ0v) is 21.7. The standard InChI is InChI=1S/C25H27ClN2O7S/c1-4-35-25(32)27-9-7-14(8-10-27)28-21(19-6-5-11-36-19)20(23(30)24(28)31)22(29)15-12-18(34-3)16(26)13-17(15)33-2/h5-6,11-14,21,29H,4,7-10H2,1-3H3/b22-20+. The van der Waals surface area contributed by atoms with Crippen molar-refractivity contribution in [3.05, 3.63) is 50.7 Å². The Hall–Kier alpha value is -3.24. The average Bonchev–Trinajstić information content (AvgIpc) is 3.50. The van der Waals surface area contributed by atoms with E-state index in [-0.39, 0.29) is 46.1 Å². The zero-order chi connectivity index (χ0) is 26.0. The van der Waals surface area contributed by atoms with E-state index in [1.54, 1.807) is 16.7 Å². The van der Waals surface area contributed by atoms with Gasteiger partial charge in [0.05, 0.1) is 43.0 Å². The first-order valence-electron chi connectivity index (χ1n) is 11.5. The van der Waals surface area contributed by atoms with Crippen molar-refractivity contribution < 1.29 is 33.7 Å². The first-order chi connectivity index (χ1) is 17.3. The molecule has 1 atom stereocenters. The van der Waals surface area contributed by atoms with Crippen LogP contribution in [0.15, 0.2) is 35.2 Å². The number of thiophene rings is 1. The lowest BCUT2D eigenvalue weighted by molar-refractivity contribution is -0.142. The van der Waals surface area contributed by atoms with Crippen LogP contribution < -0.4 is 9.47 Å². The van der Waals surface area contributed by atoms with Crippen LogP contribution in [0.1, 0.15) is 36.2 Å². The fourth-order valence-electron chi connectivity index (χ4n) is 4.68. The number of halogens is 1. The Morgan fingerprint density at radius 2 is 1.86 bits per heavy atom. The molecular weight excluding hydrogens is 508 g/mol. The van der Waals surface area contributed by atoms with Crippen molar-refractivity contribution in [2.75, 3.05) is 33.9 Å². The molecule has 2 aromatic rings. The highest BCUT2D eigenvalue weighted by molar-refractivity contribution is 7.10. The highest BCUT2D eigenvalue weighted by atomic mass is 35.5. The third-order valence-corrected chi connectivity index (χ3v) is 7.63. The number of ketones is 1. The van der Waals surface area contributed by atoms with Crippen LogP contribution in [0.5, 0.6) is 11.5 Å². The molecule has 3 heterocycles. The number of aliphatic hydroxyl groups is 1. The number of hydrogen-bond acceptors (Lipinski definition) is 8. The van der Waals surface area contributed by atoms with Crippen molar-refractivity contribution in [1.82, 2.24) is 9.80 Å². The molecule has 0 radical (unpaired) electrons. The van der Waals surface area contributed by atoms with Gasteiger partial charge in [-0.15, -0.1) is 11.3 Å². The number of Topliss-reactive ketones (excluding diaryl/α,β-unsaturated/α-hetero) is 1. The molecule has 0 spiro atoms. The Balaban J connectivity index is 1.76. The molecule has 36 heavy (non-hydrogen) atoms. The molecule has 2 fully saturated rings. The molecule has 2 aliphatic rings. The second-order valence-electron chi connectivity index (χ2n) is 8.33. The molecule has 1 N–H and O–H groups in total. The molecule has 1 unspecified atom stereocenters. The fraction of sp³-hybridized carbons (Fsp3) is 0.400. The Kier molecular flexibility index (Phi) is 7.75. The smallest absolute Gasteiger partial charge is 0.409 e. The van der Waals surface area contributed by atoms with Gasteiger partial charge in [-0.25, -0.2) is 4.79 Å². The maximum absolute atomic E-state index is 13.4. The summed E-state index contributed by atoms with van der Waals surface area (Å²) in [5.41, 5.74) is 0.161. The third kappa shape index (κ3) is 4.62. The van der Waals surface area contributed by atoms with Crippen LogP contribution in [-0.4, -0.2) is 72.6 Å². The molecule has 0 saturated carbocycles. The maximum atomic E-state index is 13.4. The molecule has 2 saturated heterocycles. The van der Waals surface area contributed by atoms with E-state index in [4.69, 9.17) is 25.8 Å². The van der Waals surface area contributed by atoms with Crippen LogP contribution in [0.25, 0.3) is 5.76 Å². The number of methoxy groups -OCH3 is 2. The van der Waals surface area contributed by atoms with E-state index in [2.05, 4.69) is 0 Å². The van der Waals surface area contributed by atoms with Crippen molar-refractivity contribution in [1.29, 1.82) is 0 Å². The first kappa shape index (κ1) is 25.8. The van der Waals surface area contributed by atoms with Crippen molar-refractivity contribution in [3.63, 3.8) is 0 Å². The molecule has 0 aliphatic carbocycles. The van der Waals surface area contributed by atoms with Crippen LogP contribution in [0, 0.1) is 0 Å². The number of amides is 2. The molecule has 1 aromatic carbocycles. The van der Waals surface area contributed by atoms with Gasteiger partial charge in [-0.1, -0.05) is 17.7 Å². The predicted octanol–water partition coefficient (Wildman–Crippen LogP) is 4.46. The van der Waals surface area contributed by atoms with E-state index < -0.39 is 23.8 Å². The lowest BCUT2D eigenvalue weighted by atomic mass is 9.97. The molecule has 192 valence electrons. The van der Waals surface area contributed by atoms with E-state index >= 15 is 0 Å². The van der Waals surface area contributed by atoms with Crippen LogP contribution in [-0.2, 0) is 14.3 Å². The van der Waals surface area contributed by atoms with Crippen LogP contribution in [0.4, 0.5) is 4.79 Å². The summed E-state index contributed by atoms with van der Waals surface area (Å²) in [6.07, 6.45) is 0.564. The van der Waals surface area contributed by atoms with E-state index in [9.17, 15) is 19.5 Å². The first-order valence-corrected chi connectivity index (χ1v) is 12.7. The quantitative estimate of drug-likeness (QED) is 0.331. The van der Waals surface area contributed by atoms with E-state index in [0.29, 0.717) is 25.9 Å². The number of ether oxygens (including phenoxy) is 3. The summed E-state index contributed by atoms with van der Waals surface area (Å²) in [6.45, 7) is 2.82. The van der Waals surface area contributed by atoms with Crippen molar-refractivity contribution in [3.8, 4) is 11.5 Å². The number of aliphatic hydroxyl groups excluding tert-OH is 1. The fourth-order valence-corrected chi connectivity index (χ4v) is 5.75. The summed E-state index contributed by atoms with van der Waals surface area (Å²) in [7, 11) is 2.85. The number of nitrogens with zero attached hydrogens (tertiary/aromatic N) is 2. The van der Waals surface area contributed by atoms with Gasteiger partial charge in [-0.2, -0.15) is 0 Å². The molecule has 2 aliphatic heterocycles. The van der Waals surface area contributed by atoms with E-state index in [1.807, 2.05) is 17.5 Å². The normalized spacial score (nSPS) is 20.1. The highest BCUT2D eigenvalue weighted by Crippen LogP contribution is 2.45. The Morgan fingerprint density at radius 1 is 1.17 bits per heavy atom. The minimum atomic E-state index is -0.783. The number of piperidine rings is 1. The summed E-state index contributed by atoms with van der Waals surface area (Å²) >= 11 is 7.61. The Morgan fingerprint density at radius 3 is 2.44 bits per heavy atom. The van der Waals surface area contributed by atoms with Crippen LogP contribution >= 0.6 is 22.9 Å². The summed E-state index contributed by atoms with van der Waals surface area (Å²) in [4.78, 5) is 42.7. The largest absolute Gasteiger partial charge is 0.507 e. The second-order valence-corrected chi connectivity index (χ2v) is 9.71. The van der Waals surface area contributed by atoms with Crippen molar-refractivity contribution >= 4 is 46.5 Å². The molecule has 9 nitrogen and oxygen atoms in total. The van der Waals surface area contributed by atoms with E-state index in [0.717, 1.165) is 4.88 Å².